The highest BCUT2D eigenvalue weighted by molar-refractivity contribution is 7.45. The van der Waals surface area contributed by atoms with Gasteiger partial charge in [0.05, 0.1) is 39.9 Å². The lowest BCUT2D eigenvalue weighted by molar-refractivity contribution is -0.870. The molecule has 8 nitrogen and oxygen atoms in total. The number of carbonyl (C=O) groups is 1. The van der Waals surface area contributed by atoms with E-state index in [0.29, 0.717) is 23.9 Å². The number of nitrogens with one attached hydrogen (secondary N) is 1. The van der Waals surface area contributed by atoms with E-state index < -0.39 is 20.0 Å². The number of aliphatic hydroxyl groups excluding tert-OH is 1. The van der Waals surface area contributed by atoms with Gasteiger partial charge in [-0.3, -0.25) is 9.36 Å². The van der Waals surface area contributed by atoms with Crippen LogP contribution in [-0.4, -0.2) is 68.5 Å². The molecule has 474 valence electrons. The molecule has 0 saturated heterocycles. The molecule has 2 N–H and O–H groups in total. The quantitative estimate of drug-likeness (QED) is 0.0272. The summed E-state index contributed by atoms with van der Waals surface area (Å²) in [6, 6.07) is -0.808. The first-order valence-corrected chi connectivity index (χ1v) is 35.7. The number of phosphoric acid groups is 1. The molecule has 0 aliphatic rings. The molecule has 3 atom stereocenters. The number of rotatable bonds is 62. The Morgan fingerprint density at radius 3 is 1.09 bits per heavy atom. The van der Waals surface area contributed by atoms with Crippen molar-refractivity contribution < 1.29 is 32.9 Å². The molecule has 0 spiro atoms. The third-order valence-electron chi connectivity index (χ3n) is 15.0. The van der Waals surface area contributed by atoms with E-state index in [1.165, 1.54) is 173 Å². The fourth-order valence-electron chi connectivity index (χ4n) is 9.74. The van der Waals surface area contributed by atoms with Crippen LogP contribution in [0, 0.1) is 0 Å². The first-order chi connectivity index (χ1) is 40.0. The molecule has 0 aliphatic carbocycles. The summed E-state index contributed by atoms with van der Waals surface area (Å²) >= 11 is 0. The van der Waals surface area contributed by atoms with Crippen molar-refractivity contribution in [1.82, 2.24) is 5.32 Å². The molecular weight excluding hydrogens is 1030 g/mol. The maximum Gasteiger partial charge on any atom is 0.268 e. The van der Waals surface area contributed by atoms with Crippen molar-refractivity contribution in [3.63, 3.8) is 0 Å². The SMILES string of the molecule is CC/C=C\C/C=C\C/C=C\C/C=C\C/C=C\C/C=C\C/C=C\C/C=C\C/C=C\CCCCCCCCCCCCCCCC(=O)NC(COP(=O)([O-])OCC[N+](C)(C)C)C(O)CCCCCCCCCCCCCCCCCCCCC. The van der Waals surface area contributed by atoms with E-state index in [1.54, 1.807) is 0 Å². The number of unbranched alkanes of at least 4 members (excludes halogenated alkanes) is 31. The van der Waals surface area contributed by atoms with Crippen LogP contribution in [0.4, 0.5) is 0 Å². The van der Waals surface area contributed by atoms with Gasteiger partial charge in [0, 0.05) is 6.42 Å². The molecule has 3 unspecified atom stereocenters. The Bertz CT molecular complexity index is 1700. The van der Waals surface area contributed by atoms with Crippen LogP contribution >= 0.6 is 7.82 Å². The monoisotopic (exact) mass is 1160 g/mol. The van der Waals surface area contributed by atoms with Crippen LogP contribution < -0.4 is 10.2 Å². The van der Waals surface area contributed by atoms with Gasteiger partial charge in [-0.2, -0.15) is 0 Å². The van der Waals surface area contributed by atoms with Crippen molar-refractivity contribution in [3.8, 4) is 0 Å². The molecular formula is C73H131N2O6P. The molecule has 0 radical (unpaired) electrons. The molecule has 0 rings (SSSR count). The Morgan fingerprint density at radius 2 is 0.744 bits per heavy atom. The van der Waals surface area contributed by atoms with E-state index >= 15 is 0 Å². The predicted molar refractivity (Wildman–Crippen MR) is 357 cm³/mol. The second kappa shape index (κ2) is 62.7. The van der Waals surface area contributed by atoms with Gasteiger partial charge in [-0.1, -0.05) is 316 Å². The van der Waals surface area contributed by atoms with Crippen LogP contribution in [0.1, 0.15) is 296 Å². The van der Waals surface area contributed by atoms with E-state index in [4.69, 9.17) is 9.05 Å². The number of carbonyl (C=O) groups excluding carboxylic acids is 1. The van der Waals surface area contributed by atoms with Crippen molar-refractivity contribution in [2.24, 2.45) is 0 Å². The number of amides is 1. The maximum absolute atomic E-state index is 13.0. The molecule has 0 aliphatic heterocycles. The summed E-state index contributed by atoms with van der Waals surface area (Å²) < 4.78 is 23.5. The lowest BCUT2D eigenvalue weighted by Gasteiger charge is -2.30. The molecule has 82 heavy (non-hydrogen) atoms. The molecule has 0 saturated carbocycles. The molecule has 1 amide bonds. The Balaban J connectivity index is 4.03. The number of aliphatic hydroxyl groups is 1. The minimum absolute atomic E-state index is 0.00907. The number of allylic oxidation sites excluding steroid dienone is 18. The molecule has 0 fully saturated rings. The lowest BCUT2D eigenvalue weighted by atomic mass is 10.0. The maximum atomic E-state index is 13.0. The number of hydrogen-bond donors (Lipinski definition) is 2. The molecule has 0 aromatic carbocycles. The number of phosphoric ester groups is 1. The average Bonchev–Trinajstić information content (AvgIpc) is 3.47. The van der Waals surface area contributed by atoms with E-state index in [1.807, 2.05) is 21.1 Å². The Morgan fingerprint density at radius 1 is 0.439 bits per heavy atom. The number of likely N-dealkylation sites (N-methyl/N-ethyl adjacent to an activating group) is 1. The van der Waals surface area contributed by atoms with Gasteiger partial charge in [0.1, 0.15) is 13.2 Å². The largest absolute Gasteiger partial charge is 0.756 e. The first-order valence-electron chi connectivity index (χ1n) is 34.2. The van der Waals surface area contributed by atoms with Gasteiger partial charge in [-0.05, 0) is 83.5 Å². The second-order valence-corrected chi connectivity index (χ2v) is 25.6. The van der Waals surface area contributed by atoms with Crippen molar-refractivity contribution in [2.75, 3.05) is 40.9 Å². The Hall–Kier alpha value is -2.84. The van der Waals surface area contributed by atoms with Crippen molar-refractivity contribution >= 4 is 13.7 Å². The zero-order chi connectivity index (χ0) is 59.8. The average molecular weight is 1160 g/mol. The zero-order valence-corrected chi connectivity index (χ0v) is 55.1. The van der Waals surface area contributed by atoms with E-state index in [9.17, 15) is 19.4 Å². The third-order valence-corrected chi connectivity index (χ3v) is 16.0. The zero-order valence-electron chi connectivity index (χ0n) is 54.2. The van der Waals surface area contributed by atoms with Gasteiger partial charge in [0.25, 0.3) is 7.82 Å². The Labute approximate surface area is 508 Å². The first kappa shape index (κ1) is 79.2. The highest BCUT2D eigenvalue weighted by Crippen LogP contribution is 2.38. The smallest absolute Gasteiger partial charge is 0.268 e. The molecule has 0 heterocycles. The minimum atomic E-state index is -4.58. The molecule has 0 bridgehead atoms. The number of quaternary nitrogens is 1. The lowest BCUT2D eigenvalue weighted by Crippen LogP contribution is -2.46. The van der Waals surface area contributed by atoms with Gasteiger partial charge in [0.15, 0.2) is 0 Å². The van der Waals surface area contributed by atoms with Gasteiger partial charge in [-0.15, -0.1) is 0 Å². The summed E-state index contributed by atoms with van der Waals surface area (Å²) in [4.78, 5) is 25.6. The summed E-state index contributed by atoms with van der Waals surface area (Å²) in [6.45, 7) is 4.63. The molecule has 0 aromatic rings. The third kappa shape index (κ3) is 64.7. The van der Waals surface area contributed by atoms with E-state index in [0.717, 1.165) is 96.3 Å². The van der Waals surface area contributed by atoms with Crippen LogP contribution in [-0.2, 0) is 18.4 Å². The molecule has 9 heteroatoms. The second-order valence-electron chi connectivity index (χ2n) is 24.2. The summed E-state index contributed by atoms with van der Waals surface area (Å²) in [5, 5.41) is 14.1. The van der Waals surface area contributed by atoms with Crippen molar-refractivity contribution in [1.29, 1.82) is 0 Å². The number of nitrogens with zero attached hydrogens (tertiary/aromatic N) is 1. The van der Waals surface area contributed by atoms with E-state index in [-0.39, 0.29) is 19.1 Å². The summed E-state index contributed by atoms with van der Waals surface area (Å²) in [6.07, 6.45) is 91.5. The highest BCUT2D eigenvalue weighted by Gasteiger charge is 2.24. The van der Waals surface area contributed by atoms with Crippen LogP contribution in [0.3, 0.4) is 0 Å². The van der Waals surface area contributed by atoms with Crippen LogP contribution in [0.15, 0.2) is 109 Å². The van der Waals surface area contributed by atoms with Crippen LogP contribution in [0.25, 0.3) is 0 Å². The van der Waals surface area contributed by atoms with Gasteiger partial charge >= 0.3 is 0 Å². The molecule has 0 aromatic heterocycles. The van der Waals surface area contributed by atoms with Crippen molar-refractivity contribution in [2.45, 2.75) is 309 Å². The Kier molecular flexibility index (Phi) is 60.5. The van der Waals surface area contributed by atoms with E-state index in [2.05, 4.69) is 129 Å². The fourth-order valence-corrected chi connectivity index (χ4v) is 10.5. The fraction of sp³-hybridized carbons (Fsp3) is 0.740. The predicted octanol–water partition coefficient (Wildman–Crippen LogP) is 21.2. The minimum Gasteiger partial charge on any atom is -0.756 e. The van der Waals surface area contributed by atoms with Gasteiger partial charge in [0.2, 0.25) is 5.91 Å². The van der Waals surface area contributed by atoms with Gasteiger partial charge in [-0.25, -0.2) is 0 Å². The summed E-state index contributed by atoms with van der Waals surface area (Å²) in [5.74, 6) is -0.167. The topological polar surface area (TPSA) is 108 Å². The van der Waals surface area contributed by atoms with Crippen molar-refractivity contribution in [3.05, 3.63) is 109 Å². The van der Waals surface area contributed by atoms with Crippen LogP contribution in [0.5, 0.6) is 0 Å². The summed E-state index contributed by atoms with van der Waals surface area (Å²) in [7, 11) is 1.30. The summed E-state index contributed by atoms with van der Waals surface area (Å²) in [5.41, 5.74) is 0. The van der Waals surface area contributed by atoms with Gasteiger partial charge < -0.3 is 28.8 Å². The highest BCUT2D eigenvalue weighted by atomic mass is 31.2. The standard InChI is InChI=1S/C73H131N2O6P/c1-6-8-10-12-14-16-18-20-22-24-26-27-28-29-30-31-32-33-34-35-36-37-38-39-40-41-42-43-44-45-46-47-49-51-53-55-57-59-61-63-65-67-73(77)74-71(70-81-82(78,79)80-69-68-75(3,4)5)72(76)66-64-62-60-58-56-54-52-50-48-25-23-21-19-17-15-13-11-9-7-2/h8,10,14,16,20,22,26-27,29-30,32-33,35-36,38-39,41-42,71-72,76H,6-7,9,11-13,15,17-19,21,23-25,28,31,34,37,40,43-70H2,1-5H3,(H-,74,77,78,79)/b10-8-,16-14-,22-20-,27-26-,30-29-,33-32-,36-35-,39-38-,42-41-. The normalized spacial score (nSPS) is 14.4. The van der Waals surface area contributed by atoms with Crippen LogP contribution in [0.2, 0.25) is 0 Å². The number of hydrogen-bond acceptors (Lipinski definition) is 6.